The topological polar surface area (TPSA) is 20.3 Å². The molecule has 1 saturated heterocycles. The molecule has 4 heteroatoms. The fourth-order valence-corrected chi connectivity index (χ4v) is 4.08. The Bertz CT molecular complexity index is 432. The number of unbranched alkanes of at least 4 members (excludes halogenated alkanes) is 8. The molecular formula is C21H35NOS2. The molecular weight excluding hydrogens is 346 g/mol. The lowest BCUT2D eigenvalue weighted by molar-refractivity contribution is -0.126. The zero-order valence-electron chi connectivity index (χ0n) is 15.9. The van der Waals surface area contributed by atoms with Crippen molar-refractivity contribution < 1.29 is 4.79 Å². The minimum Gasteiger partial charge on any atom is -0.297 e. The monoisotopic (exact) mass is 381 g/mol. The molecule has 0 bridgehead atoms. The maximum Gasteiger partial charge on any atom is 0.228 e. The number of hydrogen-bond acceptors (Lipinski definition) is 3. The molecule has 0 N–H and O–H groups in total. The van der Waals surface area contributed by atoms with Crippen LogP contribution >= 0.6 is 24.0 Å². The number of hydrogen-bond donors (Lipinski definition) is 0. The number of carbonyl (C=O) groups excluding carboxylic acids is 1. The molecule has 0 atom stereocenters. The second-order valence-electron chi connectivity index (χ2n) is 6.64. The molecule has 25 heavy (non-hydrogen) atoms. The van der Waals surface area contributed by atoms with Crippen LogP contribution in [-0.4, -0.2) is 27.4 Å². The van der Waals surface area contributed by atoms with Gasteiger partial charge in [0.15, 0.2) is 0 Å². The third-order valence-corrected chi connectivity index (χ3v) is 5.83. The van der Waals surface area contributed by atoms with Crippen molar-refractivity contribution in [3.05, 3.63) is 24.3 Å². The number of thiocarbonyl (C=S) groups is 1. The van der Waals surface area contributed by atoms with Crippen molar-refractivity contribution in [1.82, 2.24) is 4.90 Å². The molecule has 0 unspecified atom stereocenters. The van der Waals surface area contributed by atoms with Gasteiger partial charge in [0.25, 0.3) is 0 Å². The van der Waals surface area contributed by atoms with Gasteiger partial charge in [-0.25, -0.2) is 0 Å². The molecule has 142 valence electrons. The molecule has 0 saturated carbocycles. The summed E-state index contributed by atoms with van der Waals surface area (Å²) in [5.74, 6) is 1.19. The molecule has 1 amide bonds. The van der Waals surface area contributed by atoms with E-state index in [9.17, 15) is 4.79 Å². The van der Waals surface area contributed by atoms with Crippen molar-refractivity contribution in [1.29, 1.82) is 0 Å². The third kappa shape index (κ3) is 11.6. The Morgan fingerprint density at radius 3 is 2.28 bits per heavy atom. The van der Waals surface area contributed by atoms with E-state index < -0.39 is 0 Å². The van der Waals surface area contributed by atoms with Crippen LogP contribution in [0.3, 0.4) is 0 Å². The summed E-state index contributed by atoms with van der Waals surface area (Å²) < 4.78 is 0.771. The molecule has 0 aromatic carbocycles. The number of amides is 1. The molecule has 1 aliphatic heterocycles. The largest absolute Gasteiger partial charge is 0.297 e. The SMILES string of the molecule is CCCCC/C=C\C/C=C\CCCCCCCC(=O)N1CCSC1=S. The lowest BCUT2D eigenvalue weighted by atomic mass is 10.1. The van der Waals surface area contributed by atoms with E-state index in [1.807, 2.05) is 0 Å². The van der Waals surface area contributed by atoms with Crippen LogP contribution in [0, 0.1) is 0 Å². The summed E-state index contributed by atoms with van der Waals surface area (Å²) in [5.41, 5.74) is 0. The lowest BCUT2D eigenvalue weighted by Crippen LogP contribution is -2.30. The molecule has 1 fully saturated rings. The lowest BCUT2D eigenvalue weighted by Gasteiger charge is -2.14. The van der Waals surface area contributed by atoms with Crippen molar-refractivity contribution >= 4 is 34.2 Å². The van der Waals surface area contributed by atoms with Crippen LogP contribution < -0.4 is 0 Å². The standard InChI is InChI=1S/C21H35NOS2/c1-2-3-4-5-6-7-8-9-10-11-12-13-14-15-16-17-20(23)22-18-19-25-21(22)24/h6-7,9-10H,2-5,8,11-19H2,1H3/b7-6-,10-9-. The van der Waals surface area contributed by atoms with Gasteiger partial charge in [0.2, 0.25) is 5.91 Å². The highest BCUT2D eigenvalue weighted by atomic mass is 32.2. The van der Waals surface area contributed by atoms with Crippen LogP contribution in [0.2, 0.25) is 0 Å². The van der Waals surface area contributed by atoms with Crippen LogP contribution in [0.15, 0.2) is 24.3 Å². The second-order valence-corrected chi connectivity index (χ2v) is 8.37. The van der Waals surface area contributed by atoms with E-state index in [1.54, 1.807) is 16.7 Å². The Hall–Kier alpha value is -0.610. The molecule has 1 rings (SSSR count). The fraction of sp³-hybridized carbons (Fsp3) is 0.714. The molecule has 0 aliphatic carbocycles. The minimum absolute atomic E-state index is 0.223. The molecule has 0 spiro atoms. The number of thioether (sulfide) groups is 1. The van der Waals surface area contributed by atoms with Crippen molar-refractivity contribution in [2.75, 3.05) is 12.3 Å². The van der Waals surface area contributed by atoms with Crippen molar-refractivity contribution in [3.63, 3.8) is 0 Å². The van der Waals surface area contributed by atoms with Gasteiger partial charge >= 0.3 is 0 Å². The van der Waals surface area contributed by atoms with E-state index in [1.165, 1.54) is 51.4 Å². The van der Waals surface area contributed by atoms with Gasteiger partial charge in [-0.15, -0.1) is 0 Å². The number of carbonyl (C=O) groups is 1. The van der Waals surface area contributed by atoms with E-state index in [0.29, 0.717) is 6.42 Å². The van der Waals surface area contributed by atoms with Crippen molar-refractivity contribution in [3.8, 4) is 0 Å². The first-order chi connectivity index (χ1) is 12.3. The molecule has 0 aromatic rings. The third-order valence-electron chi connectivity index (χ3n) is 4.40. The average molecular weight is 382 g/mol. The molecule has 1 aliphatic rings. The predicted molar refractivity (Wildman–Crippen MR) is 116 cm³/mol. The highest BCUT2D eigenvalue weighted by Gasteiger charge is 2.23. The second kappa shape index (κ2) is 15.6. The average Bonchev–Trinajstić information content (AvgIpc) is 3.04. The van der Waals surface area contributed by atoms with E-state index >= 15 is 0 Å². The minimum atomic E-state index is 0.223. The number of allylic oxidation sites excluding steroid dienone is 4. The van der Waals surface area contributed by atoms with Crippen LogP contribution in [0.5, 0.6) is 0 Å². The van der Waals surface area contributed by atoms with Gasteiger partial charge < -0.3 is 0 Å². The van der Waals surface area contributed by atoms with E-state index in [0.717, 1.165) is 35.9 Å². The summed E-state index contributed by atoms with van der Waals surface area (Å²) >= 11 is 6.81. The molecule has 0 aromatic heterocycles. The maximum absolute atomic E-state index is 12.0. The first-order valence-corrected chi connectivity index (χ1v) is 11.4. The Morgan fingerprint density at radius 1 is 1.00 bits per heavy atom. The van der Waals surface area contributed by atoms with E-state index in [2.05, 4.69) is 31.2 Å². The summed E-state index contributed by atoms with van der Waals surface area (Å²) in [6.07, 6.45) is 23.2. The van der Waals surface area contributed by atoms with Crippen molar-refractivity contribution in [2.24, 2.45) is 0 Å². The maximum atomic E-state index is 12.0. The van der Waals surface area contributed by atoms with Crippen LogP contribution in [-0.2, 0) is 4.79 Å². The zero-order chi connectivity index (χ0) is 18.2. The first kappa shape index (κ1) is 22.4. The van der Waals surface area contributed by atoms with Crippen LogP contribution in [0.4, 0.5) is 0 Å². The van der Waals surface area contributed by atoms with Gasteiger partial charge in [0.1, 0.15) is 4.32 Å². The highest BCUT2D eigenvalue weighted by molar-refractivity contribution is 8.23. The predicted octanol–water partition coefficient (Wildman–Crippen LogP) is 6.66. The summed E-state index contributed by atoms with van der Waals surface area (Å²) in [5, 5.41) is 0. The summed E-state index contributed by atoms with van der Waals surface area (Å²) in [7, 11) is 0. The summed E-state index contributed by atoms with van der Waals surface area (Å²) in [6, 6.07) is 0. The number of rotatable bonds is 14. The van der Waals surface area contributed by atoms with Crippen molar-refractivity contribution in [2.45, 2.75) is 84.0 Å². The molecule has 0 radical (unpaired) electrons. The van der Waals surface area contributed by atoms with Gasteiger partial charge in [-0.1, -0.05) is 87.3 Å². The van der Waals surface area contributed by atoms with Gasteiger partial charge in [0.05, 0.1) is 0 Å². The Morgan fingerprint density at radius 2 is 1.64 bits per heavy atom. The van der Waals surface area contributed by atoms with Gasteiger partial charge in [-0.05, 0) is 38.5 Å². The smallest absolute Gasteiger partial charge is 0.228 e. The first-order valence-electron chi connectivity index (χ1n) is 10.0. The van der Waals surface area contributed by atoms with Gasteiger partial charge in [-0.3, -0.25) is 9.69 Å². The fourth-order valence-electron chi connectivity index (χ4n) is 2.84. The molecule has 2 nitrogen and oxygen atoms in total. The highest BCUT2D eigenvalue weighted by Crippen LogP contribution is 2.19. The molecule has 1 heterocycles. The Balaban J connectivity index is 1.86. The van der Waals surface area contributed by atoms with Crippen LogP contribution in [0.25, 0.3) is 0 Å². The summed E-state index contributed by atoms with van der Waals surface area (Å²) in [6.45, 7) is 3.05. The van der Waals surface area contributed by atoms with E-state index in [-0.39, 0.29) is 5.91 Å². The van der Waals surface area contributed by atoms with Crippen LogP contribution in [0.1, 0.15) is 84.0 Å². The quantitative estimate of drug-likeness (QED) is 0.191. The Labute approximate surface area is 164 Å². The Kier molecular flexibility index (Phi) is 14.0. The number of nitrogens with zero attached hydrogens (tertiary/aromatic N) is 1. The summed E-state index contributed by atoms with van der Waals surface area (Å²) in [4.78, 5) is 13.8. The zero-order valence-corrected chi connectivity index (χ0v) is 17.5. The van der Waals surface area contributed by atoms with E-state index in [4.69, 9.17) is 12.2 Å². The normalized spacial score (nSPS) is 15.1. The van der Waals surface area contributed by atoms with Gasteiger partial charge in [-0.2, -0.15) is 0 Å². The van der Waals surface area contributed by atoms with Gasteiger partial charge in [0, 0.05) is 18.7 Å².